The molecule has 1 aromatic rings. The van der Waals surface area contributed by atoms with Crippen LogP contribution in [0.25, 0.3) is 0 Å². The summed E-state index contributed by atoms with van der Waals surface area (Å²) in [4.78, 5) is 25.3. The van der Waals surface area contributed by atoms with Gasteiger partial charge >= 0.3 is 0 Å². The molecule has 1 atom stereocenters. The highest BCUT2D eigenvalue weighted by Gasteiger charge is 2.11. The third-order valence-electron chi connectivity index (χ3n) is 2.26. The number of nitrogens with one attached hydrogen (secondary N) is 2. The molecule has 0 saturated carbocycles. The number of aromatic nitrogens is 1. The van der Waals surface area contributed by atoms with Crippen molar-refractivity contribution in [2.75, 3.05) is 13.2 Å². The van der Waals surface area contributed by atoms with Crippen LogP contribution in [0.15, 0.2) is 12.3 Å². The third-order valence-corrected chi connectivity index (χ3v) is 2.26. The van der Waals surface area contributed by atoms with Crippen molar-refractivity contribution in [2.45, 2.75) is 13.8 Å². The summed E-state index contributed by atoms with van der Waals surface area (Å²) in [6.45, 7) is 3.71. The molecular weight excluding hydrogens is 208 g/mol. The molecule has 0 aromatic carbocycles. The summed E-state index contributed by atoms with van der Waals surface area (Å²) in [6, 6.07) is 1.52. The van der Waals surface area contributed by atoms with Gasteiger partial charge in [-0.05, 0) is 18.9 Å². The summed E-state index contributed by atoms with van der Waals surface area (Å²) in [5.74, 6) is -0.335. The smallest absolute Gasteiger partial charge is 0.267 e. The summed E-state index contributed by atoms with van der Waals surface area (Å²) < 4.78 is 0. The van der Waals surface area contributed by atoms with E-state index in [2.05, 4.69) is 10.3 Å². The van der Waals surface area contributed by atoms with Crippen LogP contribution in [0.5, 0.6) is 0 Å². The maximum absolute atomic E-state index is 11.6. The summed E-state index contributed by atoms with van der Waals surface area (Å²) >= 11 is 0. The van der Waals surface area contributed by atoms with Crippen molar-refractivity contribution in [1.82, 2.24) is 10.3 Å². The quantitative estimate of drug-likeness (QED) is 0.640. The topological polar surface area (TPSA) is 82.2 Å². The molecule has 1 rings (SSSR count). The monoisotopic (exact) mass is 224 g/mol. The Hall–Kier alpha value is -1.62. The first-order valence-electron chi connectivity index (χ1n) is 5.13. The lowest BCUT2D eigenvalue weighted by molar-refractivity contribution is 0.0937. The van der Waals surface area contributed by atoms with Gasteiger partial charge in [-0.15, -0.1) is 0 Å². The summed E-state index contributed by atoms with van der Waals surface area (Å²) in [5.41, 5.74) is 0.843. The predicted molar refractivity (Wildman–Crippen MR) is 59.4 cm³/mol. The molecule has 0 fully saturated rings. The Morgan fingerprint density at radius 3 is 2.75 bits per heavy atom. The molecule has 1 amide bonds. The minimum absolute atomic E-state index is 0.0196. The molecule has 1 aromatic heterocycles. The molecule has 88 valence electrons. The minimum Gasteiger partial charge on any atom is -0.396 e. The Balaban J connectivity index is 2.56. The van der Waals surface area contributed by atoms with E-state index in [1.165, 1.54) is 19.2 Å². The van der Waals surface area contributed by atoms with Crippen molar-refractivity contribution in [3.63, 3.8) is 0 Å². The fraction of sp³-hybridized carbons (Fsp3) is 0.455. The average Bonchev–Trinajstić information content (AvgIpc) is 2.74. The number of hydrogen-bond acceptors (Lipinski definition) is 3. The number of carbonyl (C=O) groups is 2. The number of aliphatic hydroxyl groups is 1. The molecule has 0 bridgehead atoms. The van der Waals surface area contributed by atoms with Gasteiger partial charge < -0.3 is 15.4 Å². The number of aromatic amines is 1. The highest BCUT2D eigenvalue weighted by Crippen LogP contribution is 2.04. The van der Waals surface area contributed by atoms with Crippen molar-refractivity contribution < 1.29 is 14.7 Å². The Bertz CT molecular complexity index is 384. The Morgan fingerprint density at radius 1 is 1.56 bits per heavy atom. The summed E-state index contributed by atoms with van der Waals surface area (Å²) in [5, 5.41) is 11.5. The normalized spacial score (nSPS) is 12.2. The molecule has 1 heterocycles. The molecule has 16 heavy (non-hydrogen) atoms. The van der Waals surface area contributed by atoms with E-state index in [1.807, 2.05) is 6.92 Å². The zero-order valence-corrected chi connectivity index (χ0v) is 9.41. The highest BCUT2D eigenvalue weighted by molar-refractivity contribution is 5.99. The van der Waals surface area contributed by atoms with Gasteiger partial charge in [0.15, 0.2) is 5.78 Å². The van der Waals surface area contributed by atoms with Gasteiger partial charge in [0.05, 0.1) is 0 Å². The van der Waals surface area contributed by atoms with Crippen LogP contribution in [0.1, 0.15) is 34.7 Å². The minimum atomic E-state index is -0.271. The lowest BCUT2D eigenvalue weighted by Gasteiger charge is -2.08. The molecule has 5 heteroatoms. The molecular formula is C11H16N2O3. The zero-order chi connectivity index (χ0) is 12.1. The maximum atomic E-state index is 11.6. The van der Waals surface area contributed by atoms with Crippen LogP contribution < -0.4 is 5.32 Å². The number of carbonyl (C=O) groups excluding carboxylic acids is 2. The van der Waals surface area contributed by atoms with Crippen molar-refractivity contribution in [2.24, 2.45) is 5.92 Å². The summed E-state index contributed by atoms with van der Waals surface area (Å²) in [7, 11) is 0. The van der Waals surface area contributed by atoms with Crippen LogP contribution in [-0.2, 0) is 0 Å². The van der Waals surface area contributed by atoms with Gasteiger partial charge in [0, 0.05) is 24.9 Å². The van der Waals surface area contributed by atoms with Crippen molar-refractivity contribution in [1.29, 1.82) is 0 Å². The second kappa shape index (κ2) is 5.46. The fourth-order valence-electron chi connectivity index (χ4n) is 1.16. The Labute approximate surface area is 93.9 Å². The summed E-state index contributed by atoms with van der Waals surface area (Å²) in [6.07, 6.45) is 1.51. The van der Waals surface area contributed by atoms with Gasteiger partial charge in [0.2, 0.25) is 0 Å². The van der Waals surface area contributed by atoms with Crippen LogP contribution in [0.3, 0.4) is 0 Å². The lowest BCUT2D eigenvalue weighted by atomic mass is 10.2. The van der Waals surface area contributed by atoms with Gasteiger partial charge in [-0.2, -0.15) is 0 Å². The van der Waals surface area contributed by atoms with E-state index in [-0.39, 0.29) is 24.2 Å². The first kappa shape index (κ1) is 12.4. The van der Waals surface area contributed by atoms with Crippen LogP contribution in [0, 0.1) is 5.92 Å². The molecule has 0 saturated heterocycles. The maximum Gasteiger partial charge on any atom is 0.267 e. The van der Waals surface area contributed by atoms with Gasteiger partial charge in [-0.1, -0.05) is 6.92 Å². The average molecular weight is 224 g/mol. The van der Waals surface area contributed by atoms with Crippen molar-refractivity contribution in [3.8, 4) is 0 Å². The molecule has 5 nitrogen and oxygen atoms in total. The first-order valence-corrected chi connectivity index (χ1v) is 5.13. The fourth-order valence-corrected chi connectivity index (χ4v) is 1.16. The first-order chi connectivity index (χ1) is 7.54. The molecule has 0 aliphatic carbocycles. The predicted octanol–water partition coefficient (Wildman–Crippen LogP) is 0.576. The highest BCUT2D eigenvalue weighted by atomic mass is 16.3. The third kappa shape index (κ3) is 3.20. The molecule has 0 aliphatic heterocycles. The second-order valence-corrected chi connectivity index (χ2v) is 3.86. The molecule has 1 unspecified atom stereocenters. The molecule has 0 radical (unpaired) electrons. The number of ketones is 1. The van der Waals surface area contributed by atoms with E-state index in [0.29, 0.717) is 17.8 Å². The van der Waals surface area contributed by atoms with Crippen molar-refractivity contribution in [3.05, 3.63) is 23.5 Å². The Kier molecular flexibility index (Phi) is 4.25. The molecule has 3 N–H and O–H groups in total. The van der Waals surface area contributed by atoms with Gasteiger partial charge in [-0.3, -0.25) is 9.59 Å². The van der Waals surface area contributed by atoms with E-state index >= 15 is 0 Å². The van der Waals surface area contributed by atoms with Gasteiger partial charge in [-0.25, -0.2) is 0 Å². The van der Waals surface area contributed by atoms with Crippen LogP contribution in [-0.4, -0.2) is 34.9 Å². The Morgan fingerprint density at radius 2 is 2.25 bits per heavy atom. The second-order valence-electron chi connectivity index (χ2n) is 3.86. The molecule has 0 aliphatic rings. The number of Topliss-reactive ketones (excluding diaryl/α,β-unsaturated/α-hetero) is 1. The molecule has 0 spiro atoms. The number of rotatable bonds is 5. The van der Waals surface area contributed by atoms with Crippen LogP contribution >= 0.6 is 0 Å². The largest absolute Gasteiger partial charge is 0.396 e. The standard InChI is InChI=1S/C11H16N2O3/c1-7(6-14)4-13-11(16)10-3-9(5-12-10)8(2)15/h3,5,7,12,14H,4,6H2,1-2H3,(H,13,16). The van der Waals surface area contributed by atoms with Crippen LogP contribution in [0.4, 0.5) is 0 Å². The van der Waals surface area contributed by atoms with Gasteiger partial charge in [0.1, 0.15) is 5.69 Å². The number of amides is 1. The van der Waals surface area contributed by atoms with Gasteiger partial charge in [0.25, 0.3) is 5.91 Å². The SMILES string of the molecule is CC(=O)c1c[nH]c(C(=O)NCC(C)CO)c1. The van der Waals surface area contributed by atoms with E-state index in [0.717, 1.165) is 0 Å². The number of aliphatic hydroxyl groups excluding tert-OH is 1. The number of H-pyrrole nitrogens is 1. The van der Waals surface area contributed by atoms with Crippen LogP contribution in [0.2, 0.25) is 0 Å². The van der Waals surface area contributed by atoms with Crippen molar-refractivity contribution >= 4 is 11.7 Å². The van der Waals surface area contributed by atoms with E-state index in [1.54, 1.807) is 0 Å². The number of hydrogen-bond donors (Lipinski definition) is 3. The zero-order valence-electron chi connectivity index (χ0n) is 9.41. The van der Waals surface area contributed by atoms with E-state index in [9.17, 15) is 9.59 Å². The van der Waals surface area contributed by atoms with E-state index in [4.69, 9.17) is 5.11 Å². The van der Waals surface area contributed by atoms with E-state index < -0.39 is 0 Å². The lowest BCUT2D eigenvalue weighted by Crippen LogP contribution is -2.29.